The number of carbonyl (C=O) groups excluding carboxylic acids is 6. The first-order valence-electron chi connectivity index (χ1n) is 29.0. The molecule has 8 rings (SSSR count). The van der Waals surface area contributed by atoms with Gasteiger partial charge in [-0.25, -0.2) is 15.4 Å². The second kappa shape index (κ2) is 35.4. The molecular weight excluding hydrogens is 1160 g/mol. The molecule has 0 spiro atoms. The molecular formula is C66H81ClF8N5O7-. The molecule has 0 heterocycles. The number of nitrogens with zero attached hydrogens (tertiary/aromatic N) is 2. The number of carbonyl (C=O) groups is 2. The van der Waals surface area contributed by atoms with Crippen LogP contribution in [0.4, 0.5) is 35.1 Å². The van der Waals surface area contributed by atoms with Crippen LogP contribution in [0.5, 0.6) is 0 Å². The number of Topliss-reactive ketones (excluding diaryl/α,β-unsaturated/α-hetero) is 1. The summed E-state index contributed by atoms with van der Waals surface area (Å²) in [5.41, 5.74) is 3.97. The molecule has 4 aliphatic rings. The molecule has 4 aromatic rings. The molecule has 0 aliphatic heterocycles. The van der Waals surface area contributed by atoms with Gasteiger partial charge in [-0.3, -0.25) is 26.0 Å². The van der Waals surface area contributed by atoms with E-state index in [1.807, 2.05) is 67.7 Å². The Bertz CT molecular complexity index is 2840. The van der Waals surface area contributed by atoms with Gasteiger partial charge in [0.15, 0.2) is 5.78 Å². The minimum Gasteiger partial charge on any atom is -1.00 e. The first-order chi connectivity index (χ1) is 40.2. The summed E-state index contributed by atoms with van der Waals surface area (Å²) >= 11 is 0. The van der Waals surface area contributed by atoms with E-state index in [1.54, 1.807) is 44.2 Å². The number of aryl methyl sites for hydroxylation is 2. The molecule has 0 saturated heterocycles. The monoisotopic (exact) mass is 1240 g/mol. The molecule has 12 nitrogen and oxygen atoms in total. The lowest BCUT2D eigenvalue weighted by Crippen LogP contribution is -3.00. The molecule has 4 fully saturated rings. The maximum Gasteiger partial charge on any atom is 0.407 e. The molecule has 0 amide bonds. The van der Waals surface area contributed by atoms with Crippen molar-refractivity contribution in [2.24, 2.45) is 17.3 Å². The molecule has 0 radical (unpaired) electrons. The fourth-order valence-corrected chi connectivity index (χ4v) is 10.3. The Kier molecular flexibility index (Phi) is 31.1. The minimum absolute atomic E-state index is 0. The average Bonchev–Trinajstić information content (AvgIpc) is 3.09. The number of hydrogen-bond donors (Lipinski definition) is 3. The van der Waals surface area contributed by atoms with Crippen molar-refractivity contribution >= 4 is 24.1 Å². The van der Waals surface area contributed by atoms with Crippen molar-refractivity contribution < 1.29 is 87.1 Å². The number of benzene rings is 4. The Hall–Kier alpha value is -6.63. The van der Waals surface area contributed by atoms with E-state index in [2.05, 4.69) is 22.0 Å². The van der Waals surface area contributed by atoms with E-state index in [1.165, 1.54) is 88.8 Å². The number of aliphatic carboxylic acids is 1. The van der Waals surface area contributed by atoms with Gasteiger partial charge < -0.3 is 22.3 Å². The number of carboxylic acid groups (broad SMARTS) is 1. The topological polar surface area (TPSA) is 205 Å². The number of quaternary nitrogens is 1. The maximum atomic E-state index is 14.4. The van der Waals surface area contributed by atoms with Crippen molar-refractivity contribution in [3.63, 3.8) is 0 Å². The smallest absolute Gasteiger partial charge is 0.407 e. The summed E-state index contributed by atoms with van der Waals surface area (Å²) in [4.78, 5) is 59.8. The van der Waals surface area contributed by atoms with Gasteiger partial charge in [0, 0.05) is 19.3 Å². The molecule has 0 unspecified atom stereocenters. The van der Waals surface area contributed by atoms with Crippen LogP contribution in [0.1, 0.15) is 178 Å². The fourth-order valence-electron chi connectivity index (χ4n) is 10.3. The highest BCUT2D eigenvalue weighted by molar-refractivity contribution is 5.85. The number of ketones is 1. The highest BCUT2D eigenvalue weighted by Gasteiger charge is 2.51. The number of hydrogen-bond acceptors (Lipinski definition) is 10. The lowest BCUT2D eigenvalue weighted by Gasteiger charge is -2.31. The summed E-state index contributed by atoms with van der Waals surface area (Å²) in [6.07, 6.45) is 9.81. The maximum absolute atomic E-state index is 14.4. The van der Waals surface area contributed by atoms with E-state index in [-0.39, 0.29) is 47.9 Å². The second-order valence-corrected chi connectivity index (χ2v) is 24.3. The zero-order valence-electron chi connectivity index (χ0n) is 50.3. The normalized spacial score (nSPS) is 17.3. The van der Waals surface area contributed by atoms with Crippen LogP contribution in [-0.4, -0.2) is 65.5 Å². The van der Waals surface area contributed by atoms with Crippen LogP contribution in [0.2, 0.25) is 0 Å². The van der Waals surface area contributed by atoms with Gasteiger partial charge in [-0.2, -0.15) is 50.8 Å². The van der Waals surface area contributed by atoms with Gasteiger partial charge in [0.2, 0.25) is 0 Å². The fraction of sp³-hybridized carbons (Fsp3) is 0.545. The number of rotatable bonds is 18. The van der Waals surface area contributed by atoms with Crippen LogP contribution in [0, 0.1) is 49.0 Å². The Morgan fingerprint density at radius 1 is 0.598 bits per heavy atom. The zero-order chi connectivity index (χ0) is 64.5. The number of carboxylic acids is 1. The van der Waals surface area contributed by atoms with Crippen LogP contribution in [0.15, 0.2) is 97.1 Å². The third-order valence-corrected chi connectivity index (χ3v) is 15.5. The van der Waals surface area contributed by atoms with E-state index in [4.69, 9.17) is 25.8 Å². The van der Waals surface area contributed by atoms with Crippen LogP contribution < -0.4 is 33.9 Å². The molecule has 21 heteroatoms. The predicted octanol–water partition coefficient (Wildman–Crippen LogP) is 10.7. The summed E-state index contributed by atoms with van der Waals surface area (Å²) in [5, 5.41) is 24.9. The van der Waals surface area contributed by atoms with Crippen molar-refractivity contribution in [2.75, 3.05) is 0 Å². The van der Waals surface area contributed by atoms with Gasteiger partial charge in [0.05, 0.1) is 42.4 Å². The Labute approximate surface area is 512 Å². The van der Waals surface area contributed by atoms with Gasteiger partial charge in [-0.15, -0.1) is 0 Å². The lowest BCUT2D eigenvalue weighted by molar-refractivity contribution is -0.421. The molecule has 476 valence electrons. The van der Waals surface area contributed by atoms with Crippen LogP contribution in [0.3, 0.4) is 0 Å². The summed E-state index contributed by atoms with van der Waals surface area (Å²) < 4.78 is 111. The molecule has 4 aliphatic carbocycles. The Morgan fingerprint density at radius 2 is 0.908 bits per heavy atom. The van der Waals surface area contributed by atoms with Crippen molar-refractivity contribution in [2.45, 2.75) is 211 Å². The standard InChI is InChI=1S/C26H28F4N2O.C21H23F4NO2.C13H24.C4H6N2.2CO2.ClH/c1-17-4-6-18(7-5-17)19-8-10-20(11-9-19)23(26(28,29)30)32-21(14-24(2,3)27)22(33)15-25(16-31)12-13-25;1-13-4-6-14(7-5-13)15-8-10-16(11-9-15)18(21(23,24)25)26-17(19(27)28)12-20(2,3)22;1-3-7-12(8-4-1)11-13-9-5-2-6-10-13;1-6-4(5)2-3-4;2*2-1-3;/h4-11,21,23,32H,12-15H2,1-3H3;4-11,17-18,26H,12H2,1-3H3,(H,27,28);12-13H,1-11H2;2-3,5H2;;;1H/p-1/t21-,23-;17-,18-;;;;;/m00...../s1. The summed E-state index contributed by atoms with van der Waals surface area (Å²) in [5.74, 6) is -0.102. The third-order valence-electron chi connectivity index (χ3n) is 15.5. The van der Waals surface area contributed by atoms with E-state index in [0.717, 1.165) is 71.9 Å². The Morgan fingerprint density at radius 3 is 1.16 bits per heavy atom. The number of halogens is 9. The van der Waals surface area contributed by atoms with Crippen LogP contribution in [0.25, 0.3) is 27.1 Å². The highest BCUT2D eigenvalue weighted by Crippen LogP contribution is 2.49. The van der Waals surface area contributed by atoms with Crippen molar-refractivity contribution in [3.05, 3.63) is 131 Å². The SMILES string of the molecule is C1CCC(CC2CCCCC2)CC1.Cc1ccc(-c2ccc([C@H](N[C@@H](CC(C)(C)F)C(=O)CC3(C#N)CC3)C(F)(F)F)cc2)cc1.Cc1ccc(-c2ccc([C@H](N[C@@H](CC(C)(C)F)C(=O)[O-])C(F)(F)F)cc2)cc1.O=C=O.O=C=O.[C-]#[N+]C1([NH3+])CC1.[Cl-]. The van der Waals surface area contributed by atoms with Gasteiger partial charge in [-0.1, -0.05) is 172 Å². The number of alkyl halides is 8. The molecule has 5 N–H and O–H groups in total. The van der Waals surface area contributed by atoms with E-state index >= 15 is 0 Å². The first kappa shape index (κ1) is 76.5. The van der Waals surface area contributed by atoms with Crippen molar-refractivity contribution in [1.29, 1.82) is 5.26 Å². The van der Waals surface area contributed by atoms with E-state index < -0.39 is 77.9 Å². The number of nitriles is 1. The number of nitrogens with one attached hydrogen (secondary N) is 2. The summed E-state index contributed by atoms with van der Waals surface area (Å²) in [7, 11) is 0. The zero-order valence-corrected chi connectivity index (χ0v) is 51.0. The highest BCUT2D eigenvalue weighted by atomic mass is 35.5. The van der Waals surface area contributed by atoms with Gasteiger partial charge in [-0.05, 0) is 106 Å². The van der Waals surface area contributed by atoms with E-state index in [0.29, 0.717) is 12.8 Å². The predicted molar refractivity (Wildman–Crippen MR) is 305 cm³/mol. The van der Waals surface area contributed by atoms with Crippen LogP contribution in [-0.2, 0) is 28.8 Å². The van der Waals surface area contributed by atoms with Gasteiger partial charge in [0.25, 0.3) is 0 Å². The largest absolute Gasteiger partial charge is 1.00 e. The molecule has 4 saturated carbocycles. The first-order valence-corrected chi connectivity index (χ1v) is 29.0. The second-order valence-electron chi connectivity index (χ2n) is 24.3. The summed E-state index contributed by atoms with van der Waals surface area (Å²) in [6.45, 7) is 15.0. The Balaban J connectivity index is 0.000000425. The molecule has 4 aromatic carbocycles. The average molecular weight is 1240 g/mol. The summed E-state index contributed by atoms with van der Waals surface area (Å²) in [6, 6.07) is 21.3. The van der Waals surface area contributed by atoms with Gasteiger partial charge >= 0.3 is 30.3 Å². The molecule has 87 heavy (non-hydrogen) atoms. The minimum atomic E-state index is -4.76. The molecule has 4 atom stereocenters. The van der Waals surface area contributed by atoms with Gasteiger partial charge in [0.1, 0.15) is 23.4 Å². The van der Waals surface area contributed by atoms with Crippen molar-refractivity contribution in [1.82, 2.24) is 10.6 Å². The van der Waals surface area contributed by atoms with Crippen molar-refractivity contribution in [3.8, 4) is 28.3 Å². The molecule has 0 aromatic heterocycles. The van der Waals surface area contributed by atoms with Crippen LogP contribution >= 0.6 is 0 Å². The van der Waals surface area contributed by atoms with E-state index in [9.17, 15) is 55.1 Å². The third kappa shape index (κ3) is 28.8. The molecule has 0 bridgehead atoms. The lowest BCUT2D eigenvalue weighted by atomic mass is 9.78. The quantitative estimate of drug-likeness (QED) is 0.0635.